The van der Waals surface area contributed by atoms with Crippen molar-refractivity contribution in [2.45, 2.75) is 13.0 Å². The van der Waals surface area contributed by atoms with Crippen molar-refractivity contribution in [2.75, 3.05) is 49.5 Å². The van der Waals surface area contributed by atoms with Gasteiger partial charge >= 0.3 is 0 Å². The molecule has 2 aromatic rings. The average Bonchev–Trinajstić information content (AvgIpc) is 2.73. The van der Waals surface area contributed by atoms with Crippen LogP contribution in [0.25, 0.3) is 0 Å². The number of amides is 1. The lowest BCUT2D eigenvalue weighted by Crippen LogP contribution is -2.49. The molecular formula is C21H25N5O3. The van der Waals surface area contributed by atoms with Crippen LogP contribution in [0.15, 0.2) is 42.6 Å². The highest BCUT2D eigenvalue weighted by atomic mass is 16.5. The smallest absolute Gasteiger partial charge is 0.221 e. The number of hydrogen-bond donors (Lipinski definition) is 2. The molecule has 0 saturated carbocycles. The fourth-order valence-electron chi connectivity index (χ4n) is 3.20. The molecule has 0 radical (unpaired) electrons. The minimum Gasteiger partial charge on any atom is -0.491 e. The van der Waals surface area contributed by atoms with Crippen molar-refractivity contribution in [2.24, 2.45) is 0 Å². The number of aromatic nitrogens is 1. The van der Waals surface area contributed by atoms with Crippen LogP contribution >= 0.6 is 0 Å². The number of rotatable bonds is 7. The maximum atomic E-state index is 11.0. The van der Waals surface area contributed by atoms with E-state index in [4.69, 9.17) is 10.00 Å². The predicted octanol–water partition coefficient (Wildman–Crippen LogP) is 1.47. The van der Waals surface area contributed by atoms with Crippen molar-refractivity contribution in [3.8, 4) is 11.8 Å². The van der Waals surface area contributed by atoms with Crippen LogP contribution in [0.4, 0.5) is 11.5 Å². The van der Waals surface area contributed by atoms with E-state index in [9.17, 15) is 9.90 Å². The number of nitrogens with zero attached hydrogens (tertiary/aromatic N) is 4. The Bertz CT molecular complexity index is 857. The molecule has 29 heavy (non-hydrogen) atoms. The number of piperazine rings is 1. The Hall–Kier alpha value is -3.15. The summed E-state index contributed by atoms with van der Waals surface area (Å²) in [5.41, 5.74) is 1.31. The molecule has 8 heteroatoms. The third-order valence-electron chi connectivity index (χ3n) is 4.66. The molecular weight excluding hydrogens is 370 g/mol. The molecule has 1 amide bonds. The maximum absolute atomic E-state index is 11.0. The van der Waals surface area contributed by atoms with Gasteiger partial charge < -0.3 is 20.1 Å². The largest absolute Gasteiger partial charge is 0.491 e. The van der Waals surface area contributed by atoms with E-state index < -0.39 is 6.10 Å². The zero-order chi connectivity index (χ0) is 20.6. The Morgan fingerprint density at radius 2 is 2.00 bits per heavy atom. The van der Waals surface area contributed by atoms with Gasteiger partial charge in [-0.3, -0.25) is 9.69 Å². The van der Waals surface area contributed by atoms with Gasteiger partial charge in [-0.2, -0.15) is 5.26 Å². The zero-order valence-electron chi connectivity index (χ0n) is 16.4. The fraction of sp³-hybridized carbons (Fsp3) is 0.381. The number of benzene rings is 1. The number of anilines is 2. The number of carbonyl (C=O) groups is 1. The summed E-state index contributed by atoms with van der Waals surface area (Å²) >= 11 is 0. The summed E-state index contributed by atoms with van der Waals surface area (Å²) in [5.74, 6) is 1.34. The van der Waals surface area contributed by atoms with E-state index in [1.54, 1.807) is 42.6 Å². The van der Waals surface area contributed by atoms with Crippen LogP contribution in [0.1, 0.15) is 12.5 Å². The van der Waals surface area contributed by atoms with Crippen molar-refractivity contribution >= 4 is 17.4 Å². The Morgan fingerprint density at radius 1 is 1.28 bits per heavy atom. The number of hydrogen-bond acceptors (Lipinski definition) is 7. The molecule has 1 aliphatic rings. The van der Waals surface area contributed by atoms with Gasteiger partial charge in [-0.1, -0.05) is 0 Å². The molecule has 0 spiro atoms. The van der Waals surface area contributed by atoms with Crippen LogP contribution in [-0.4, -0.2) is 66.3 Å². The monoisotopic (exact) mass is 395 g/mol. The molecule has 0 unspecified atom stereocenters. The maximum Gasteiger partial charge on any atom is 0.221 e. The zero-order valence-corrected chi connectivity index (χ0v) is 16.4. The molecule has 8 nitrogen and oxygen atoms in total. The summed E-state index contributed by atoms with van der Waals surface area (Å²) < 4.78 is 5.64. The van der Waals surface area contributed by atoms with E-state index in [0.29, 0.717) is 23.5 Å². The highest BCUT2D eigenvalue weighted by Gasteiger charge is 2.20. The number of pyridine rings is 1. The molecule has 0 aliphatic carbocycles. The SMILES string of the molecule is CC(=O)Nc1ccc(OC[C@H](O)CN2CCN(c3cc(C#N)ccn3)CC2)cc1. The minimum absolute atomic E-state index is 0.122. The number of β-amino-alcohol motifs (C(OH)–C–C–N with tert-alkyl or cyclic N) is 1. The van der Waals surface area contributed by atoms with Gasteiger partial charge in [0.15, 0.2) is 0 Å². The quantitative estimate of drug-likeness (QED) is 0.732. The molecule has 3 rings (SSSR count). The molecule has 1 aromatic heterocycles. The molecule has 0 bridgehead atoms. The summed E-state index contributed by atoms with van der Waals surface area (Å²) in [6.45, 7) is 5.39. The van der Waals surface area contributed by atoms with Gasteiger partial charge in [-0.15, -0.1) is 0 Å². The van der Waals surface area contributed by atoms with Crippen LogP contribution in [0.5, 0.6) is 5.75 Å². The molecule has 1 saturated heterocycles. The van der Waals surface area contributed by atoms with Crippen LogP contribution in [-0.2, 0) is 4.79 Å². The van der Waals surface area contributed by atoms with Crippen LogP contribution in [0.2, 0.25) is 0 Å². The van der Waals surface area contributed by atoms with Crippen molar-refractivity contribution in [3.05, 3.63) is 48.2 Å². The van der Waals surface area contributed by atoms with Crippen molar-refractivity contribution in [3.63, 3.8) is 0 Å². The van der Waals surface area contributed by atoms with E-state index in [-0.39, 0.29) is 12.5 Å². The van der Waals surface area contributed by atoms with E-state index in [0.717, 1.165) is 32.0 Å². The third kappa shape index (κ3) is 6.17. The van der Waals surface area contributed by atoms with Crippen LogP contribution < -0.4 is 15.0 Å². The lowest BCUT2D eigenvalue weighted by Gasteiger charge is -2.36. The number of aliphatic hydroxyl groups is 1. The predicted molar refractivity (Wildman–Crippen MR) is 110 cm³/mol. The summed E-state index contributed by atoms with van der Waals surface area (Å²) in [6.07, 6.45) is 1.06. The van der Waals surface area contributed by atoms with Crippen molar-refractivity contribution < 1.29 is 14.6 Å². The number of carbonyl (C=O) groups excluding carboxylic acids is 1. The number of aliphatic hydroxyl groups excluding tert-OH is 1. The third-order valence-corrected chi connectivity index (χ3v) is 4.66. The molecule has 152 valence electrons. The minimum atomic E-state index is -0.600. The number of nitrogens with one attached hydrogen (secondary N) is 1. The first-order valence-corrected chi connectivity index (χ1v) is 9.55. The van der Waals surface area contributed by atoms with Crippen LogP contribution in [0, 0.1) is 11.3 Å². The summed E-state index contributed by atoms with van der Waals surface area (Å²) in [7, 11) is 0. The molecule has 2 N–H and O–H groups in total. The lowest BCUT2D eigenvalue weighted by molar-refractivity contribution is -0.114. The molecule has 1 aliphatic heterocycles. The fourth-order valence-corrected chi connectivity index (χ4v) is 3.20. The standard InChI is InChI=1S/C21H25N5O3/c1-16(27)24-18-2-4-20(5-3-18)29-15-19(28)14-25-8-10-26(11-9-25)21-12-17(13-22)6-7-23-21/h2-7,12,19,28H,8-11,14-15H2,1H3,(H,24,27)/t19-/m1/s1. The Kier molecular flexibility index (Phi) is 7.00. The Labute approximate surface area is 170 Å². The summed E-state index contributed by atoms with van der Waals surface area (Å²) in [5, 5.41) is 22.0. The molecule has 2 heterocycles. The van der Waals surface area contributed by atoms with Gasteiger partial charge in [-0.25, -0.2) is 4.98 Å². The molecule has 1 fully saturated rings. The second-order valence-electron chi connectivity index (χ2n) is 6.97. The van der Waals surface area contributed by atoms with Gasteiger partial charge in [0, 0.05) is 51.5 Å². The van der Waals surface area contributed by atoms with E-state index in [2.05, 4.69) is 26.2 Å². The van der Waals surface area contributed by atoms with Gasteiger partial charge in [0.05, 0.1) is 11.6 Å². The Morgan fingerprint density at radius 3 is 2.66 bits per heavy atom. The molecule has 1 aromatic carbocycles. The van der Waals surface area contributed by atoms with Crippen LogP contribution in [0.3, 0.4) is 0 Å². The van der Waals surface area contributed by atoms with Gasteiger partial charge in [0.25, 0.3) is 0 Å². The van der Waals surface area contributed by atoms with E-state index >= 15 is 0 Å². The van der Waals surface area contributed by atoms with Gasteiger partial charge in [-0.05, 0) is 36.4 Å². The molecule has 1 atom stereocenters. The number of nitriles is 1. The average molecular weight is 395 g/mol. The van der Waals surface area contributed by atoms with Crippen molar-refractivity contribution in [1.29, 1.82) is 5.26 Å². The van der Waals surface area contributed by atoms with Gasteiger partial charge in [0.1, 0.15) is 24.3 Å². The highest BCUT2D eigenvalue weighted by Crippen LogP contribution is 2.17. The normalized spacial score (nSPS) is 15.4. The first-order valence-electron chi connectivity index (χ1n) is 9.55. The first kappa shape index (κ1) is 20.6. The number of ether oxygens (including phenoxy) is 1. The van der Waals surface area contributed by atoms with E-state index in [1.807, 2.05) is 0 Å². The van der Waals surface area contributed by atoms with E-state index in [1.165, 1.54) is 6.92 Å². The summed E-state index contributed by atoms with van der Waals surface area (Å²) in [6, 6.07) is 12.7. The second kappa shape index (κ2) is 9.87. The second-order valence-corrected chi connectivity index (χ2v) is 6.97. The Balaban J connectivity index is 1.41. The lowest BCUT2D eigenvalue weighted by atomic mass is 10.2. The summed E-state index contributed by atoms with van der Waals surface area (Å²) in [4.78, 5) is 19.7. The topological polar surface area (TPSA) is 102 Å². The van der Waals surface area contributed by atoms with Gasteiger partial charge in [0.2, 0.25) is 5.91 Å². The van der Waals surface area contributed by atoms with Crippen molar-refractivity contribution in [1.82, 2.24) is 9.88 Å². The first-order chi connectivity index (χ1) is 14.0. The highest BCUT2D eigenvalue weighted by molar-refractivity contribution is 5.88.